The van der Waals surface area contributed by atoms with Crippen molar-refractivity contribution in [1.82, 2.24) is 10.2 Å². The summed E-state index contributed by atoms with van der Waals surface area (Å²) in [4.78, 5) is 28.3. The molecule has 1 atom stereocenters. The van der Waals surface area contributed by atoms with Crippen molar-refractivity contribution >= 4 is 27.5 Å². The second-order valence-corrected chi connectivity index (χ2v) is 11.2. The number of rotatable bonds is 12. The van der Waals surface area contributed by atoms with Crippen LogP contribution in [0.4, 0.5) is 5.69 Å². The maximum atomic E-state index is 13.8. The summed E-state index contributed by atoms with van der Waals surface area (Å²) in [7, 11) is 0.562. The molecular weight excluding hydrogens is 510 g/mol. The van der Waals surface area contributed by atoms with Gasteiger partial charge in [-0.3, -0.25) is 13.9 Å². The number of anilines is 1. The standard InChI is InChI=1S/C27H37N3O7S/c1-19(27(32)28-21-8-6-7-9-21)29(17-20-10-12-22(35-2)13-11-20)26(31)18-30(38(5,33)34)24-15-14-23(36-3)16-25(24)37-4/h10-16,19,21H,6-9,17-18H2,1-5H3,(H,28,32)/t19-/m0/s1. The highest BCUT2D eigenvalue weighted by Crippen LogP contribution is 2.33. The zero-order chi connectivity index (χ0) is 27.9. The number of amides is 2. The molecule has 0 heterocycles. The molecular formula is C27H37N3O7S. The van der Waals surface area contributed by atoms with Crippen molar-refractivity contribution in [3.05, 3.63) is 48.0 Å². The normalized spacial score (nSPS) is 14.4. The van der Waals surface area contributed by atoms with Gasteiger partial charge >= 0.3 is 0 Å². The molecule has 0 radical (unpaired) electrons. The van der Waals surface area contributed by atoms with Crippen LogP contribution in [0, 0.1) is 0 Å². The average molecular weight is 548 g/mol. The van der Waals surface area contributed by atoms with E-state index >= 15 is 0 Å². The van der Waals surface area contributed by atoms with Crippen molar-refractivity contribution in [1.29, 1.82) is 0 Å². The molecule has 2 aromatic rings. The Balaban J connectivity index is 1.92. The van der Waals surface area contributed by atoms with Crippen LogP contribution in [0.1, 0.15) is 38.2 Å². The molecule has 0 spiro atoms. The van der Waals surface area contributed by atoms with E-state index in [4.69, 9.17) is 14.2 Å². The molecule has 0 aliphatic heterocycles. The number of ether oxygens (including phenoxy) is 3. The number of hydrogen-bond donors (Lipinski definition) is 1. The second kappa shape index (κ2) is 12.9. The molecule has 0 aromatic heterocycles. The third-order valence-corrected chi connectivity index (χ3v) is 7.84. The molecule has 0 saturated heterocycles. The zero-order valence-corrected chi connectivity index (χ0v) is 23.4. The molecule has 1 fully saturated rings. The Hall–Kier alpha value is -3.47. The van der Waals surface area contributed by atoms with E-state index in [0.29, 0.717) is 11.5 Å². The molecule has 0 unspecified atom stereocenters. The number of benzene rings is 2. The van der Waals surface area contributed by atoms with Crippen LogP contribution >= 0.6 is 0 Å². The van der Waals surface area contributed by atoms with E-state index in [1.165, 1.54) is 25.2 Å². The van der Waals surface area contributed by atoms with E-state index in [0.717, 1.165) is 41.8 Å². The van der Waals surface area contributed by atoms with Crippen molar-refractivity contribution in [3.63, 3.8) is 0 Å². The van der Waals surface area contributed by atoms with Gasteiger partial charge in [0.1, 0.15) is 29.8 Å². The number of carbonyl (C=O) groups excluding carboxylic acids is 2. The van der Waals surface area contributed by atoms with Gasteiger partial charge in [0, 0.05) is 18.7 Å². The molecule has 1 saturated carbocycles. The van der Waals surface area contributed by atoms with Gasteiger partial charge in [0.25, 0.3) is 0 Å². The van der Waals surface area contributed by atoms with E-state index in [2.05, 4.69) is 5.32 Å². The average Bonchev–Trinajstić information content (AvgIpc) is 3.42. The Morgan fingerprint density at radius 3 is 2.13 bits per heavy atom. The highest BCUT2D eigenvalue weighted by molar-refractivity contribution is 7.92. The third kappa shape index (κ3) is 7.31. The van der Waals surface area contributed by atoms with Crippen LogP contribution in [-0.2, 0) is 26.2 Å². The van der Waals surface area contributed by atoms with Gasteiger partial charge in [-0.1, -0.05) is 25.0 Å². The number of hydrogen-bond acceptors (Lipinski definition) is 7. The van der Waals surface area contributed by atoms with Crippen molar-refractivity contribution in [3.8, 4) is 17.2 Å². The minimum absolute atomic E-state index is 0.0824. The van der Waals surface area contributed by atoms with Crippen LogP contribution in [0.15, 0.2) is 42.5 Å². The Labute approximate surface area is 224 Å². The fraction of sp³-hybridized carbons (Fsp3) is 0.481. The van der Waals surface area contributed by atoms with Crippen LogP contribution in [0.2, 0.25) is 0 Å². The van der Waals surface area contributed by atoms with Crippen molar-refractivity contribution in [2.24, 2.45) is 0 Å². The summed E-state index contributed by atoms with van der Waals surface area (Å²) in [5.74, 6) is 0.568. The summed E-state index contributed by atoms with van der Waals surface area (Å²) >= 11 is 0. The first-order valence-corrected chi connectivity index (χ1v) is 14.3. The number of nitrogens with zero attached hydrogens (tertiary/aromatic N) is 2. The minimum atomic E-state index is -3.90. The molecule has 2 aromatic carbocycles. The van der Waals surface area contributed by atoms with E-state index in [9.17, 15) is 18.0 Å². The minimum Gasteiger partial charge on any atom is -0.497 e. The fourth-order valence-corrected chi connectivity index (χ4v) is 5.34. The molecule has 11 heteroatoms. The van der Waals surface area contributed by atoms with Crippen LogP contribution in [0.3, 0.4) is 0 Å². The summed E-state index contributed by atoms with van der Waals surface area (Å²) in [6, 6.07) is 11.1. The first-order chi connectivity index (χ1) is 18.1. The van der Waals surface area contributed by atoms with E-state index < -0.39 is 28.5 Å². The Morgan fingerprint density at radius 1 is 0.974 bits per heavy atom. The Bertz CT molecular complexity index is 1210. The van der Waals surface area contributed by atoms with Gasteiger partial charge in [-0.25, -0.2) is 8.42 Å². The SMILES string of the molecule is COc1ccc(CN(C(=O)CN(c2ccc(OC)cc2OC)S(C)(=O)=O)[C@@H](C)C(=O)NC2CCCC2)cc1. The highest BCUT2D eigenvalue weighted by atomic mass is 32.2. The molecule has 1 aliphatic rings. The molecule has 1 aliphatic carbocycles. The Morgan fingerprint density at radius 2 is 1.58 bits per heavy atom. The number of methoxy groups -OCH3 is 3. The van der Waals surface area contributed by atoms with Gasteiger partial charge < -0.3 is 24.4 Å². The van der Waals surface area contributed by atoms with Gasteiger partial charge in [0.05, 0.1) is 33.3 Å². The lowest BCUT2D eigenvalue weighted by Gasteiger charge is -2.32. The van der Waals surface area contributed by atoms with Crippen molar-refractivity contribution < 1.29 is 32.2 Å². The first-order valence-electron chi connectivity index (χ1n) is 12.5. The quantitative estimate of drug-likeness (QED) is 0.435. The van der Waals surface area contributed by atoms with Gasteiger partial charge in [0.2, 0.25) is 21.8 Å². The zero-order valence-electron chi connectivity index (χ0n) is 22.6. The van der Waals surface area contributed by atoms with Gasteiger partial charge in [-0.15, -0.1) is 0 Å². The van der Waals surface area contributed by atoms with E-state index in [-0.39, 0.29) is 29.9 Å². The molecule has 38 heavy (non-hydrogen) atoms. The molecule has 3 rings (SSSR count). The molecule has 0 bridgehead atoms. The molecule has 10 nitrogen and oxygen atoms in total. The summed E-state index contributed by atoms with van der Waals surface area (Å²) in [6.45, 7) is 1.25. The second-order valence-electron chi connectivity index (χ2n) is 9.34. The number of sulfonamides is 1. The summed E-state index contributed by atoms with van der Waals surface area (Å²) in [5.41, 5.74) is 0.962. The van der Waals surface area contributed by atoms with Crippen LogP contribution in [0.5, 0.6) is 17.2 Å². The predicted molar refractivity (Wildman–Crippen MR) is 145 cm³/mol. The topological polar surface area (TPSA) is 114 Å². The largest absolute Gasteiger partial charge is 0.497 e. The van der Waals surface area contributed by atoms with Gasteiger partial charge in [0.15, 0.2) is 0 Å². The van der Waals surface area contributed by atoms with Crippen LogP contribution < -0.4 is 23.8 Å². The Kier molecular flexibility index (Phi) is 9.84. The lowest BCUT2D eigenvalue weighted by atomic mass is 10.1. The van der Waals surface area contributed by atoms with Crippen molar-refractivity contribution in [2.45, 2.75) is 51.2 Å². The first kappa shape index (κ1) is 29.1. The number of nitrogens with one attached hydrogen (secondary N) is 1. The van der Waals surface area contributed by atoms with E-state index in [1.54, 1.807) is 38.3 Å². The predicted octanol–water partition coefficient (Wildman–Crippen LogP) is 2.95. The summed E-state index contributed by atoms with van der Waals surface area (Å²) in [5, 5.41) is 3.05. The van der Waals surface area contributed by atoms with Crippen LogP contribution in [-0.4, -0.2) is 71.3 Å². The van der Waals surface area contributed by atoms with Gasteiger partial charge in [-0.2, -0.15) is 0 Å². The lowest BCUT2D eigenvalue weighted by molar-refractivity contribution is -0.139. The van der Waals surface area contributed by atoms with E-state index in [1.807, 2.05) is 12.1 Å². The summed E-state index contributed by atoms with van der Waals surface area (Å²) in [6.07, 6.45) is 4.95. The maximum Gasteiger partial charge on any atom is 0.244 e. The lowest BCUT2D eigenvalue weighted by Crippen LogP contribution is -2.52. The maximum absolute atomic E-state index is 13.8. The fourth-order valence-electron chi connectivity index (χ4n) is 4.49. The third-order valence-electron chi connectivity index (χ3n) is 6.72. The van der Waals surface area contributed by atoms with Crippen LogP contribution in [0.25, 0.3) is 0 Å². The molecule has 2 amide bonds. The molecule has 1 N–H and O–H groups in total. The number of carbonyl (C=O) groups is 2. The summed E-state index contributed by atoms with van der Waals surface area (Å²) < 4.78 is 42.5. The molecule has 208 valence electrons. The van der Waals surface area contributed by atoms with Gasteiger partial charge in [-0.05, 0) is 49.6 Å². The smallest absolute Gasteiger partial charge is 0.244 e. The highest BCUT2D eigenvalue weighted by Gasteiger charge is 2.32. The van der Waals surface area contributed by atoms with Crippen molar-refractivity contribution in [2.75, 3.05) is 38.4 Å². The monoisotopic (exact) mass is 547 g/mol.